The summed E-state index contributed by atoms with van der Waals surface area (Å²) in [4.78, 5) is 15.4. The highest BCUT2D eigenvalue weighted by Crippen LogP contribution is 2.35. The van der Waals surface area contributed by atoms with E-state index in [-0.39, 0.29) is 12.1 Å². The highest BCUT2D eigenvalue weighted by atomic mass is 16.6. The second-order valence-electron chi connectivity index (χ2n) is 12.5. The number of morpholine rings is 1. The first-order valence-electron chi connectivity index (χ1n) is 17.8. The van der Waals surface area contributed by atoms with Gasteiger partial charge in [-0.15, -0.1) is 5.10 Å². The second kappa shape index (κ2) is 21.0. The Morgan fingerprint density at radius 2 is 1.73 bits per heavy atom. The number of nitrogens with zero attached hydrogens (tertiary/aromatic N) is 7. The quantitative estimate of drug-likeness (QED) is 0.0821. The van der Waals surface area contributed by atoms with Crippen molar-refractivity contribution < 1.29 is 28.4 Å². The molecule has 3 heterocycles. The minimum absolute atomic E-state index is 0.258. The van der Waals surface area contributed by atoms with Crippen molar-refractivity contribution in [2.24, 2.45) is 4.99 Å². The third-order valence-corrected chi connectivity index (χ3v) is 8.88. The first-order valence-corrected chi connectivity index (χ1v) is 17.8. The van der Waals surface area contributed by atoms with Crippen molar-refractivity contribution >= 4 is 24.3 Å². The number of aromatic nitrogens is 4. The number of methoxy groups -OCH3 is 1. The van der Waals surface area contributed by atoms with Gasteiger partial charge in [-0.1, -0.05) is 6.07 Å². The fourth-order valence-corrected chi connectivity index (χ4v) is 6.17. The summed E-state index contributed by atoms with van der Waals surface area (Å²) in [5, 5.41) is 27.8. The van der Waals surface area contributed by atoms with Gasteiger partial charge in [0.1, 0.15) is 36.6 Å². The van der Waals surface area contributed by atoms with Crippen LogP contribution in [-0.2, 0) is 18.9 Å². The van der Waals surface area contributed by atoms with Crippen LogP contribution < -0.4 is 20.1 Å². The maximum atomic E-state index is 9.65. The van der Waals surface area contributed by atoms with E-state index >= 15 is 0 Å². The average Bonchev–Trinajstić information content (AvgIpc) is 3.58. The molecule has 0 bridgehead atoms. The van der Waals surface area contributed by atoms with E-state index in [4.69, 9.17) is 38.9 Å². The van der Waals surface area contributed by atoms with Crippen molar-refractivity contribution in [2.45, 2.75) is 50.8 Å². The van der Waals surface area contributed by atoms with Crippen LogP contribution in [0.25, 0.3) is 11.1 Å². The minimum atomic E-state index is -0.258. The van der Waals surface area contributed by atoms with Crippen LogP contribution in [0, 0.1) is 16.7 Å². The summed E-state index contributed by atoms with van der Waals surface area (Å²) in [5.74, 6) is 1.31. The summed E-state index contributed by atoms with van der Waals surface area (Å²) in [6.45, 7) is 8.71. The van der Waals surface area contributed by atoms with E-state index in [1.165, 1.54) is 6.34 Å². The Balaban J connectivity index is 1.23. The molecular weight excluding hydrogens is 668 g/mol. The molecule has 0 spiro atoms. The SMILES string of the molecule is COCCOCCOCCOc1nn(C2CCC(N3CCOCC3)CC2)cc1Nc1ncc(-c2ccc(C#N)c(O[C@@H](C)CN/C=N\C=N)c2)cn1. The molecule has 1 atom stereocenters. The lowest BCUT2D eigenvalue weighted by atomic mass is 9.90. The number of hydrogen-bond acceptors (Lipinski definition) is 13. The van der Waals surface area contributed by atoms with E-state index < -0.39 is 0 Å². The summed E-state index contributed by atoms with van der Waals surface area (Å²) in [5.41, 5.74) is 2.66. The van der Waals surface area contributed by atoms with Crippen LogP contribution in [0.3, 0.4) is 0 Å². The lowest BCUT2D eigenvalue weighted by molar-refractivity contribution is 0.00498. The summed E-state index contributed by atoms with van der Waals surface area (Å²) in [6.07, 6.45) is 11.8. The fourth-order valence-electron chi connectivity index (χ4n) is 6.17. The van der Waals surface area contributed by atoms with Gasteiger partial charge in [-0.25, -0.2) is 15.0 Å². The first-order chi connectivity index (χ1) is 25.6. The Morgan fingerprint density at radius 1 is 1.02 bits per heavy atom. The summed E-state index contributed by atoms with van der Waals surface area (Å²) >= 11 is 0. The summed E-state index contributed by atoms with van der Waals surface area (Å²) in [6, 6.07) is 8.41. The van der Waals surface area contributed by atoms with Crippen LogP contribution in [-0.4, -0.2) is 129 Å². The van der Waals surface area contributed by atoms with Crippen molar-refractivity contribution in [1.82, 2.24) is 30.0 Å². The Kier molecular flexibility index (Phi) is 15.6. The van der Waals surface area contributed by atoms with Gasteiger partial charge in [-0.05, 0) is 50.3 Å². The van der Waals surface area contributed by atoms with Crippen LogP contribution >= 0.6 is 0 Å². The van der Waals surface area contributed by atoms with Gasteiger partial charge in [0, 0.05) is 44.2 Å². The molecule has 1 saturated heterocycles. The van der Waals surface area contributed by atoms with E-state index in [2.05, 4.69) is 36.6 Å². The minimum Gasteiger partial charge on any atom is -0.487 e. The van der Waals surface area contributed by atoms with Crippen LogP contribution in [0.1, 0.15) is 44.2 Å². The maximum absolute atomic E-state index is 9.65. The molecule has 1 aliphatic heterocycles. The molecule has 16 heteroatoms. The lowest BCUT2D eigenvalue weighted by Gasteiger charge is -2.38. The molecule has 1 aromatic carbocycles. The van der Waals surface area contributed by atoms with Crippen LogP contribution in [0.15, 0.2) is 41.8 Å². The topological polar surface area (TPSA) is 186 Å². The summed E-state index contributed by atoms with van der Waals surface area (Å²) in [7, 11) is 1.64. The number of nitrogens with one attached hydrogen (secondary N) is 3. The van der Waals surface area contributed by atoms with E-state index in [9.17, 15) is 5.26 Å². The fraction of sp³-hybridized carbons (Fsp3) is 0.556. The Hall–Kier alpha value is -4.66. The number of benzene rings is 1. The molecule has 0 radical (unpaired) electrons. The molecule has 2 aromatic heterocycles. The normalized spacial score (nSPS) is 18.5. The number of anilines is 2. The molecule has 52 heavy (non-hydrogen) atoms. The molecule has 5 rings (SSSR count). The van der Waals surface area contributed by atoms with Gasteiger partial charge >= 0.3 is 0 Å². The molecule has 280 valence electrons. The number of ether oxygens (including phenoxy) is 6. The van der Waals surface area contributed by atoms with Crippen molar-refractivity contribution in [3.8, 4) is 28.8 Å². The van der Waals surface area contributed by atoms with Crippen molar-refractivity contribution in [3.05, 3.63) is 42.4 Å². The molecule has 3 N–H and O–H groups in total. The zero-order valence-electron chi connectivity index (χ0n) is 30.0. The Bertz CT molecular complexity index is 1580. The van der Waals surface area contributed by atoms with Crippen LogP contribution in [0.2, 0.25) is 0 Å². The molecule has 16 nitrogen and oxygen atoms in total. The number of nitriles is 1. The Labute approximate surface area is 304 Å². The van der Waals surface area contributed by atoms with E-state index in [0.717, 1.165) is 69.5 Å². The highest BCUT2D eigenvalue weighted by Gasteiger charge is 2.29. The van der Waals surface area contributed by atoms with E-state index in [0.29, 0.717) is 81.1 Å². The van der Waals surface area contributed by atoms with E-state index in [1.54, 1.807) is 25.6 Å². The zero-order valence-corrected chi connectivity index (χ0v) is 30.0. The molecule has 2 fully saturated rings. The van der Waals surface area contributed by atoms with Gasteiger partial charge in [-0.3, -0.25) is 15.0 Å². The van der Waals surface area contributed by atoms with Gasteiger partial charge in [0.25, 0.3) is 5.88 Å². The van der Waals surface area contributed by atoms with Gasteiger partial charge in [-0.2, -0.15) is 5.26 Å². The molecular formula is C36H50N10O6. The highest BCUT2D eigenvalue weighted by molar-refractivity contribution is 5.69. The zero-order chi connectivity index (χ0) is 36.4. The van der Waals surface area contributed by atoms with Gasteiger partial charge in [0.05, 0.1) is 76.9 Å². The average molecular weight is 719 g/mol. The molecule has 2 aliphatic rings. The van der Waals surface area contributed by atoms with Gasteiger partial charge in [0.2, 0.25) is 5.95 Å². The van der Waals surface area contributed by atoms with Crippen LogP contribution in [0.4, 0.5) is 11.6 Å². The molecule has 1 saturated carbocycles. The third-order valence-electron chi connectivity index (χ3n) is 8.88. The maximum Gasteiger partial charge on any atom is 0.257 e. The second-order valence-corrected chi connectivity index (χ2v) is 12.5. The standard InChI is InChI=1S/C36H50N10O6/c1-27(21-39-26-40-25-38)52-34-19-28(3-4-29(34)20-37)30-22-41-36(42-23-30)43-33-24-46(32-7-5-31(6-8-32)45-9-11-48-12-10-45)44-35(33)51-18-17-50-16-15-49-14-13-47-2/h3-4,19,22-27,31-32H,5-18,21H2,1-2H3,(H2,38,39,40)(H,41,42,43)/t27-,31?,32?/m0/s1. The number of hydrogen-bond donors (Lipinski definition) is 3. The van der Waals surface area contributed by atoms with Crippen molar-refractivity contribution in [2.75, 3.05) is 84.9 Å². The van der Waals surface area contributed by atoms with Crippen molar-refractivity contribution in [1.29, 1.82) is 10.7 Å². The van der Waals surface area contributed by atoms with Gasteiger partial charge in [0.15, 0.2) is 0 Å². The predicted molar refractivity (Wildman–Crippen MR) is 196 cm³/mol. The van der Waals surface area contributed by atoms with Gasteiger partial charge < -0.3 is 39.1 Å². The smallest absolute Gasteiger partial charge is 0.257 e. The largest absolute Gasteiger partial charge is 0.487 e. The number of aliphatic imine (C=N–C) groups is 1. The van der Waals surface area contributed by atoms with Crippen LogP contribution in [0.5, 0.6) is 11.6 Å². The molecule has 1 aliphatic carbocycles. The monoisotopic (exact) mass is 718 g/mol. The number of rotatable bonds is 21. The lowest BCUT2D eigenvalue weighted by Crippen LogP contribution is -2.45. The first kappa shape index (κ1) is 38.6. The third kappa shape index (κ3) is 11.7. The Morgan fingerprint density at radius 3 is 2.44 bits per heavy atom. The summed E-state index contributed by atoms with van der Waals surface area (Å²) < 4.78 is 35.9. The van der Waals surface area contributed by atoms with E-state index in [1.807, 2.05) is 29.9 Å². The predicted octanol–water partition coefficient (Wildman–Crippen LogP) is 3.82. The van der Waals surface area contributed by atoms with Crippen molar-refractivity contribution in [3.63, 3.8) is 0 Å². The molecule has 3 aromatic rings. The molecule has 0 amide bonds. The molecule has 0 unspecified atom stereocenters.